The van der Waals surface area contributed by atoms with Crippen LogP contribution >= 0.6 is 15.9 Å². The van der Waals surface area contributed by atoms with Crippen molar-refractivity contribution in [3.05, 3.63) is 58.1 Å². The van der Waals surface area contributed by atoms with Crippen LogP contribution in [0.15, 0.2) is 51.8 Å². The highest BCUT2D eigenvalue weighted by molar-refractivity contribution is 9.10. The Labute approximate surface area is 133 Å². The molecule has 0 bridgehead atoms. The topological polar surface area (TPSA) is 37.4 Å². The van der Waals surface area contributed by atoms with E-state index in [9.17, 15) is 8.42 Å². The van der Waals surface area contributed by atoms with Crippen LogP contribution in [0.2, 0.25) is 0 Å². The van der Waals surface area contributed by atoms with Gasteiger partial charge < -0.3 is 0 Å². The molecule has 0 saturated heterocycles. The Morgan fingerprint density at radius 3 is 2.62 bits per heavy atom. The van der Waals surface area contributed by atoms with E-state index in [4.69, 9.17) is 0 Å². The summed E-state index contributed by atoms with van der Waals surface area (Å²) in [5.41, 5.74) is 2.80. The summed E-state index contributed by atoms with van der Waals surface area (Å²) in [6, 6.07) is 12.8. The molecule has 1 aliphatic rings. The maximum absolute atomic E-state index is 13.0. The van der Waals surface area contributed by atoms with Gasteiger partial charge in [-0.2, -0.15) is 0 Å². The van der Waals surface area contributed by atoms with Crippen LogP contribution in [-0.4, -0.2) is 14.5 Å². The molecule has 21 heavy (non-hydrogen) atoms. The molecule has 0 spiro atoms. The molecule has 2 aromatic rings. The van der Waals surface area contributed by atoms with E-state index < -0.39 is 10.0 Å². The van der Waals surface area contributed by atoms with E-state index in [1.54, 1.807) is 22.5 Å². The van der Waals surface area contributed by atoms with E-state index in [-0.39, 0.29) is 6.04 Å². The minimum Gasteiger partial charge on any atom is -0.263 e. The number of para-hydroxylation sites is 1. The highest BCUT2D eigenvalue weighted by Gasteiger charge is 2.35. The Hall–Kier alpha value is -1.33. The van der Waals surface area contributed by atoms with Crippen molar-refractivity contribution >= 4 is 31.6 Å². The van der Waals surface area contributed by atoms with E-state index in [2.05, 4.69) is 15.9 Å². The van der Waals surface area contributed by atoms with Crippen molar-refractivity contribution in [3.63, 3.8) is 0 Å². The van der Waals surface area contributed by atoms with E-state index in [1.165, 1.54) is 0 Å². The molecule has 0 aromatic heterocycles. The van der Waals surface area contributed by atoms with Gasteiger partial charge in [0, 0.05) is 10.5 Å². The molecule has 2 aromatic carbocycles. The van der Waals surface area contributed by atoms with Crippen LogP contribution in [0.5, 0.6) is 0 Å². The number of rotatable bonds is 2. The molecular formula is C16H16BrNO2S. The summed E-state index contributed by atoms with van der Waals surface area (Å²) in [5, 5.41) is 0. The van der Waals surface area contributed by atoms with Crippen molar-refractivity contribution in [3.8, 4) is 0 Å². The first-order valence-electron chi connectivity index (χ1n) is 6.80. The zero-order chi connectivity index (χ0) is 15.2. The van der Waals surface area contributed by atoms with E-state index in [1.807, 2.05) is 38.1 Å². The van der Waals surface area contributed by atoms with Gasteiger partial charge in [-0.15, -0.1) is 0 Å². The highest BCUT2D eigenvalue weighted by Crippen LogP contribution is 2.36. The Morgan fingerprint density at radius 2 is 1.90 bits per heavy atom. The van der Waals surface area contributed by atoms with Crippen LogP contribution in [-0.2, 0) is 16.4 Å². The van der Waals surface area contributed by atoms with Crippen LogP contribution < -0.4 is 4.31 Å². The van der Waals surface area contributed by atoms with Gasteiger partial charge in [0.1, 0.15) is 0 Å². The molecule has 1 unspecified atom stereocenters. The summed E-state index contributed by atoms with van der Waals surface area (Å²) in [4.78, 5) is 0.340. The lowest BCUT2D eigenvalue weighted by molar-refractivity contribution is 0.584. The number of fused-ring (bicyclic) bond motifs is 1. The minimum atomic E-state index is -3.53. The first-order chi connectivity index (χ1) is 9.91. The zero-order valence-corrected chi connectivity index (χ0v) is 14.3. The highest BCUT2D eigenvalue weighted by atomic mass is 79.9. The van der Waals surface area contributed by atoms with Crippen LogP contribution in [0.1, 0.15) is 18.1 Å². The summed E-state index contributed by atoms with van der Waals surface area (Å²) in [5.74, 6) is 0. The predicted octanol–water partition coefficient (Wildman–Crippen LogP) is 3.90. The van der Waals surface area contributed by atoms with Crippen LogP contribution in [0.25, 0.3) is 0 Å². The Bertz CT molecular complexity index is 802. The summed E-state index contributed by atoms with van der Waals surface area (Å²) in [7, 11) is -3.53. The second-order valence-corrected chi connectivity index (χ2v) is 8.06. The number of anilines is 1. The predicted molar refractivity (Wildman–Crippen MR) is 88.2 cm³/mol. The molecule has 0 radical (unpaired) electrons. The molecule has 3 nitrogen and oxygen atoms in total. The van der Waals surface area contributed by atoms with E-state index in [0.717, 1.165) is 27.7 Å². The van der Waals surface area contributed by atoms with Crippen LogP contribution in [0.3, 0.4) is 0 Å². The second-order valence-electron chi connectivity index (χ2n) is 5.39. The number of sulfonamides is 1. The summed E-state index contributed by atoms with van der Waals surface area (Å²) >= 11 is 3.41. The van der Waals surface area contributed by atoms with Gasteiger partial charge in [0.15, 0.2) is 0 Å². The summed E-state index contributed by atoms with van der Waals surface area (Å²) < 4.78 is 28.4. The fourth-order valence-electron chi connectivity index (χ4n) is 2.79. The van der Waals surface area contributed by atoms with Gasteiger partial charge in [-0.25, -0.2) is 8.42 Å². The molecule has 3 rings (SSSR count). The van der Waals surface area contributed by atoms with Gasteiger partial charge in [-0.1, -0.05) is 34.1 Å². The van der Waals surface area contributed by atoms with Gasteiger partial charge in [0.25, 0.3) is 10.0 Å². The lowest BCUT2D eigenvalue weighted by atomic mass is 10.1. The Balaban J connectivity index is 2.12. The number of aryl methyl sites for hydroxylation is 1. The van der Waals surface area contributed by atoms with Crippen molar-refractivity contribution in [1.82, 2.24) is 0 Å². The molecular weight excluding hydrogens is 350 g/mol. The SMILES string of the molecule is Cc1cc(S(=O)(=O)N2c3ccccc3CC2C)ccc1Br. The molecule has 5 heteroatoms. The standard InChI is InChI=1S/C16H16BrNO2S/c1-11-9-14(7-8-15(11)17)21(19,20)18-12(2)10-13-5-3-4-6-16(13)18/h3-9,12H,10H2,1-2H3. The number of nitrogens with zero attached hydrogens (tertiary/aromatic N) is 1. The third-order valence-electron chi connectivity index (χ3n) is 3.83. The molecule has 110 valence electrons. The first-order valence-corrected chi connectivity index (χ1v) is 9.03. The average molecular weight is 366 g/mol. The molecule has 0 amide bonds. The van der Waals surface area contributed by atoms with Crippen molar-refractivity contribution in [2.75, 3.05) is 4.31 Å². The number of hydrogen-bond donors (Lipinski definition) is 0. The van der Waals surface area contributed by atoms with Gasteiger partial charge in [-0.3, -0.25) is 4.31 Å². The van der Waals surface area contributed by atoms with Gasteiger partial charge in [-0.05, 0) is 55.7 Å². The van der Waals surface area contributed by atoms with Crippen molar-refractivity contribution in [1.29, 1.82) is 0 Å². The number of halogens is 1. The normalized spacial score (nSPS) is 17.9. The molecule has 1 aliphatic heterocycles. The Morgan fingerprint density at radius 1 is 1.19 bits per heavy atom. The summed E-state index contributed by atoms with van der Waals surface area (Å²) in [6.07, 6.45) is 0.755. The molecule has 0 saturated carbocycles. The number of benzene rings is 2. The maximum Gasteiger partial charge on any atom is 0.264 e. The first kappa shape index (κ1) is 14.6. The Kier molecular flexibility index (Phi) is 3.58. The van der Waals surface area contributed by atoms with E-state index in [0.29, 0.717) is 4.90 Å². The molecule has 0 N–H and O–H groups in total. The van der Waals surface area contributed by atoms with Gasteiger partial charge in [0.2, 0.25) is 0 Å². The monoisotopic (exact) mass is 365 g/mol. The van der Waals surface area contributed by atoms with Gasteiger partial charge >= 0.3 is 0 Å². The van der Waals surface area contributed by atoms with E-state index >= 15 is 0 Å². The van der Waals surface area contributed by atoms with Crippen LogP contribution in [0, 0.1) is 6.92 Å². The zero-order valence-electron chi connectivity index (χ0n) is 11.9. The lowest BCUT2D eigenvalue weighted by Crippen LogP contribution is -2.35. The van der Waals surface area contributed by atoms with Crippen molar-refractivity contribution < 1.29 is 8.42 Å². The van der Waals surface area contributed by atoms with Crippen molar-refractivity contribution in [2.45, 2.75) is 31.2 Å². The quantitative estimate of drug-likeness (QED) is 0.809. The minimum absolute atomic E-state index is 0.0589. The van der Waals surface area contributed by atoms with Crippen LogP contribution in [0.4, 0.5) is 5.69 Å². The second kappa shape index (κ2) is 5.14. The third-order valence-corrected chi connectivity index (χ3v) is 6.64. The molecule has 1 atom stereocenters. The van der Waals surface area contributed by atoms with Gasteiger partial charge in [0.05, 0.1) is 10.6 Å². The average Bonchev–Trinajstić information content (AvgIpc) is 2.78. The third kappa shape index (κ3) is 2.38. The smallest absolute Gasteiger partial charge is 0.263 e. The fourth-order valence-corrected chi connectivity index (χ4v) is 4.82. The molecule has 1 heterocycles. The van der Waals surface area contributed by atoms with Crippen molar-refractivity contribution in [2.24, 2.45) is 0 Å². The summed E-state index contributed by atoms with van der Waals surface area (Å²) in [6.45, 7) is 3.84. The fraction of sp³-hybridized carbons (Fsp3) is 0.250. The number of hydrogen-bond acceptors (Lipinski definition) is 2. The molecule has 0 fully saturated rings. The maximum atomic E-state index is 13.0. The molecule has 0 aliphatic carbocycles. The largest absolute Gasteiger partial charge is 0.264 e. The lowest BCUT2D eigenvalue weighted by Gasteiger charge is -2.24.